The Balaban J connectivity index is 1.56. The second-order valence-corrected chi connectivity index (χ2v) is 11.4. The fraction of sp³-hybridized carbons (Fsp3) is 0.423. The van der Waals surface area contributed by atoms with Gasteiger partial charge in [-0.05, 0) is 61.9 Å². The van der Waals surface area contributed by atoms with Gasteiger partial charge in [-0.25, -0.2) is 8.42 Å². The Bertz CT molecular complexity index is 1180. The molecule has 0 amide bonds. The van der Waals surface area contributed by atoms with Gasteiger partial charge in [0.25, 0.3) is 0 Å². The molecule has 2 aromatic rings. The number of fused-ring (bicyclic) bond motifs is 3. The van der Waals surface area contributed by atoms with Crippen LogP contribution in [0.2, 0.25) is 0 Å². The molecule has 0 radical (unpaired) electrons. The molecule has 2 aromatic carbocycles. The van der Waals surface area contributed by atoms with E-state index in [1.165, 1.54) is 7.11 Å². The van der Waals surface area contributed by atoms with Crippen molar-refractivity contribution in [3.8, 4) is 0 Å². The first kappa shape index (κ1) is 22.3. The van der Waals surface area contributed by atoms with Crippen molar-refractivity contribution in [2.24, 2.45) is 5.92 Å². The largest absolute Gasteiger partial charge is 0.468 e. The fourth-order valence-corrected chi connectivity index (χ4v) is 7.53. The molecule has 0 aliphatic carbocycles. The molecule has 0 bridgehead atoms. The summed E-state index contributed by atoms with van der Waals surface area (Å²) in [6.07, 6.45) is 4.44. The summed E-state index contributed by atoms with van der Waals surface area (Å²) in [5, 5.41) is 0. The Hall–Kier alpha value is -2.48. The Morgan fingerprint density at radius 1 is 1.12 bits per heavy atom. The van der Waals surface area contributed by atoms with E-state index in [-0.39, 0.29) is 17.9 Å². The van der Waals surface area contributed by atoms with E-state index < -0.39 is 15.6 Å². The van der Waals surface area contributed by atoms with E-state index in [1.807, 2.05) is 49.4 Å². The summed E-state index contributed by atoms with van der Waals surface area (Å²) in [6.45, 7) is 3.50. The maximum atomic E-state index is 13.6. The summed E-state index contributed by atoms with van der Waals surface area (Å²) in [5.74, 6) is -0.158. The number of rotatable bonds is 4. The topological polar surface area (TPSA) is 66.9 Å². The zero-order valence-electron chi connectivity index (χ0n) is 19.1. The zero-order valence-corrected chi connectivity index (χ0v) is 19.9. The maximum Gasteiger partial charge on any atom is 0.326 e. The quantitative estimate of drug-likeness (QED) is 0.646. The van der Waals surface area contributed by atoms with Crippen molar-refractivity contribution in [1.29, 1.82) is 0 Å². The van der Waals surface area contributed by atoms with Crippen molar-refractivity contribution in [3.05, 3.63) is 71.3 Å². The zero-order chi connectivity index (χ0) is 23.2. The molecule has 33 heavy (non-hydrogen) atoms. The van der Waals surface area contributed by atoms with Gasteiger partial charge in [0.05, 0.1) is 12.0 Å². The van der Waals surface area contributed by atoms with Crippen molar-refractivity contribution < 1.29 is 17.9 Å². The summed E-state index contributed by atoms with van der Waals surface area (Å²) in [5.41, 5.74) is 2.45. The lowest BCUT2D eigenvalue weighted by molar-refractivity contribution is -0.152. The summed E-state index contributed by atoms with van der Waals surface area (Å²) < 4.78 is 34.0. The number of hydrogen-bond donors (Lipinski definition) is 0. The second kappa shape index (κ2) is 8.38. The van der Waals surface area contributed by atoms with Crippen LogP contribution in [0.3, 0.4) is 0 Å². The number of ether oxygens (including phenoxy) is 1. The van der Waals surface area contributed by atoms with Gasteiger partial charge in [0.1, 0.15) is 5.54 Å². The van der Waals surface area contributed by atoms with Crippen LogP contribution in [0, 0.1) is 12.8 Å². The molecule has 6 nitrogen and oxygen atoms in total. The van der Waals surface area contributed by atoms with E-state index >= 15 is 0 Å². The maximum absolute atomic E-state index is 13.6. The molecule has 0 saturated carbocycles. The molecule has 3 aliphatic rings. The number of piperidine rings is 1. The van der Waals surface area contributed by atoms with E-state index in [4.69, 9.17) is 4.74 Å². The third kappa shape index (κ3) is 3.72. The highest BCUT2D eigenvalue weighted by Gasteiger charge is 2.61. The van der Waals surface area contributed by atoms with Gasteiger partial charge < -0.3 is 4.74 Å². The minimum Gasteiger partial charge on any atom is -0.468 e. The van der Waals surface area contributed by atoms with Crippen LogP contribution in [0.4, 0.5) is 0 Å². The summed E-state index contributed by atoms with van der Waals surface area (Å²) in [7, 11) is -2.21. The van der Waals surface area contributed by atoms with E-state index in [9.17, 15) is 13.2 Å². The molecule has 5 rings (SSSR count). The van der Waals surface area contributed by atoms with Gasteiger partial charge in [-0.2, -0.15) is 4.31 Å². The van der Waals surface area contributed by atoms with Crippen LogP contribution in [0.5, 0.6) is 0 Å². The Labute approximate surface area is 195 Å². The molecule has 0 aromatic heterocycles. The molecule has 0 spiro atoms. The lowest BCUT2D eigenvalue weighted by Gasteiger charge is -2.40. The van der Waals surface area contributed by atoms with Crippen molar-refractivity contribution in [1.82, 2.24) is 9.21 Å². The van der Waals surface area contributed by atoms with Crippen molar-refractivity contribution >= 4 is 22.1 Å². The molecule has 3 fully saturated rings. The standard InChI is InChI=1S/C26H30N2O4S/c1-19-9-11-23(12-10-19)33(30,31)27-17-21(15-20-7-4-3-5-8-20)24-22(18-27)16-26(25(29)32-2)13-6-14-28(24)26/h3-5,7-12,15,22,24H,6,13-14,16-18H2,1-2H3/b21-15+/t22-,24+,26-/m1/s1. The average Bonchev–Trinajstić information content (AvgIpc) is 3.36. The van der Waals surface area contributed by atoms with E-state index in [2.05, 4.69) is 11.0 Å². The predicted molar refractivity (Wildman–Crippen MR) is 127 cm³/mol. The number of esters is 1. The summed E-state index contributed by atoms with van der Waals surface area (Å²) in [4.78, 5) is 15.6. The molecule has 7 heteroatoms. The normalized spacial score (nSPS) is 29.1. The van der Waals surface area contributed by atoms with Gasteiger partial charge in [0.2, 0.25) is 10.0 Å². The lowest BCUT2D eigenvalue weighted by Crippen LogP contribution is -2.52. The smallest absolute Gasteiger partial charge is 0.326 e. The van der Waals surface area contributed by atoms with Crippen LogP contribution < -0.4 is 0 Å². The molecule has 3 saturated heterocycles. The number of benzene rings is 2. The van der Waals surface area contributed by atoms with Crippen LogP contribution >= 0.6 is 0 Å². The second-order valence-electron chi connectivity index (χ2n) is 9.47. The highest BCUT2D eigenvalue weighted by molar-refractivity contribution is 7.89. The Kier molecular flexibility index (Phi) is 5.67. The third-order valence-corrected chi connectivity index (χ3v) is 9.30. The first-order valence-electron chi connectivity index (χ1n) is 11.5. The molecular formula is C26H30N2O4S. The van der Waals surface area contributed by atoms with Crippen molar-refractivity contribution in [3.63, 3.8) is 0 Å². The molecule has 3 heterocycles. The van der Waals surface area contributed by atoms with E-state index in [0.29, 0.717) is 24.4 Å². The molecule has 0 N–H and O–H groups in total. The number of methoxy groups -OCH3 is 1. The summed E-state index contributed by atoms with van der Waals surface area (Å²) in [6, 6.07) is 17.1. The van der Waals surface area contributed by atoms with E-state index in [1.54, 1.807) is 16.4 Å². The van der Waals surface area contributed by atoms with Gasteiger partial charge in [0, 0.05) is 19.1 Å². The highest BCUT2D eigenvalue weighted by atomic mass is 32.2. The van der Waals surface area contributed by atoms with Gasteiger partial charge in [-0.1, -0.05) is 54.1 Å². The molecule has 3 aliphatic heterocycles. The number of aryl methyl sites for hydroxylation is 1. The minimum atomic E-state index is -3.65. The monoisotopic (exact) mass is 466 g/mol. The van der Waals surface area contributed by atoms with E-state index in [0.717, 1.165) is 36.1 Å². The third-order valence-electron chi connectivity index (χ3n) is 7.47. The van der Waals surface area contributed by atoms with Gasteiger partial charge in [0.15, 0.2) is 0 Å². The first-order valence-corrected chi connectivity index (χ1v) is 13.0. The van der Waals surface area contributed by atoms with Crippen LogP contribution in [-0.4, -0.2) is 61.9 Å². The predicted octanol–water partition coefficient (Wildman–Crippen LogP) is 3.48. The van der Waals surface area contributed by atoms with Crippen LogP contribution in [0.25, 0.3) is 6.08 Å². The molecular weight excluding hydrogens is 436 g/mol. The van der Waals surface area contributed by atoms with Gasteiger partial charge in [-0.3, -0.25) is 9.69 Å². The number of hydrogen-bond acceptors (Lipinski definition) is 5. The number of carbonyl (C=O) groups is 1. The van der Waals surface area contributed by atoms with Crippen LogP contribution in [-0.2, 0) is 19.6 Å². The average molecular weight is 467 g/mol. The van der Waals surface area contributed by atoms with Gasteiger partial charge in [-0.15, -0.1) is 0 Å². The number of carbonyl (C=O) groups excluding carboxylic acids is 1. The van der Waals surface area contributed by atoms with Crippen molar-refractivity contribution in [2.45, 2.75) is 42.7 Å². The SMILES string of the molecule is COC(=O)[C@]12CCCN1[C@H]1/C(=C/c3ccccc3)CN(S(=O)(=O)c3ccc(C)cc3)C[C@H]1C2. The van der Waals surface area contributed by atoms with Gasteiger partial charge >= 0.3 is 5.97 Å². The summed E-state index contributed by atoms with van der Waals surface area (Å²) >= 11 is 0. The van der Waals surface area contributed by atoms with Crippen LogP contribution in [0.15, 0.2) is 65.1 Å². The molecule has 3 atom stereocenters. The lowest BCUT2D eigenvalue weighted by atomic mass is 9.84. The highest BCUT2D eigenvalue weighted by Crippen LogP contribution is 2.50. The minimum absolute atomic E-state index is 0.0355. The van der Waals surface area contributed by atoms with Crippen LogP contribution in [0.1, 0.15) is 30.4 Å². The van der Waals surface area contributed by atoms with Crippen molar-refractivity contribution in [2.75, 3.05) is 26.7 Å². The number of nitrogens with zero attached hydrogens (tertiary/aromatic N) is 2. The fourth-order valence-electron chi connectivity index (χ4n) is 6.04. The molecule has 174 valence electrons. The Morgan fingerprint density at radius 3 is 2.55 bits per heavy atom. The first-order chi connectivity index (χ1) is 15.8. The molecule has 0 unspecified atom stereocenters. The number of sulfonamides is 1. The Morgan fingerprint density at radius 2 is 1.85 bits per heavy atom.